The number of H-pyrrole nitrogens is 1. The van der Waals surface area contributed by atoms with Crippen LogP contribution in [-0.2, 0) is 0 Å². The minimum atomic E-state index is 0.590. The topological polar surface area (TPSA) is 53.6 Å². The molecule has 16 heavy (non-hydrogen) atoms. The smallest absolute Gasteiger partial charge is 0.153 e. The van der Waals surface area contributed by atoms with Gasteiger partial charge in [0, 0.05) is 18.4 Å². The molecule has 3 fully saturated rings. The summed E-state index contributed by atoms with van der Waals surface area (Å²) in [5.41, 5.74) is 0. The van der Waals surface area contributed by atoms with Gasteiger partial charge in [-0.2, -0.15) is 5.10 Å². The van der Waals surface area contributed by atoms with Crippen LogP contribution in [0, 0.1) is 11.8 Å². The van der Waals surface area contributed by atoms with E-state index in [2.05, 4.69) is 15.5 Å². The van der Waals surface area contributed by atoms with E-state index in [1.807, 2.05) is 0 Å². The fraction of sp³-hybridized carbons (Fsp3) is 0.833. The zero-order valence-corrected chi connectivity index (χ0v) is 9.45. The van der Waals surface area contributed by atoms with Gasteiger partial charge >= 0.3 is 0 Å². The summed E-state index contributed by atoms with van der Waals surface area (Å²) in [6.45, 7) is 2.26. The Morgan fingerprint density at radius 2 is 1.94 bits per heavy atom. The van der Waals surface area contributed by atoms with Crippen molar-refractivity contribution in [3.63, 3.8) is 0 Å². The van der Waals surface area contributed by atoms with Crippen molar-refractivity contribution < 1.29 is 0 Å². The first kappa shape index (κ1) is 9.16. The lowest BCUT2D eigenvalue weighted by atomic mass is 9.91. The Hall–Kier alpha value is -0.900. The average molecular weight is 218 g/mol. The summed E-state index contributed by atoms with van der Waals surface area (Å²) < 4.78 is 0. The third-order valence-corrected chi connectivity index (χ3v) is 4.30. The molecule has 3 aliphatic rings. The highest BCUT2D eigenvalue weighted by atomic mass is 15.2. The molecular formula is C12H18N4. The van der Waals surface area contributed by atoms with Crippen molar-refractivity contribution >= 4 is 0 Å². The maximum absolute atomic E-state index is 4.71. The van der Waals surface area contributed by atoms with Crippen LogP contribution in [0.5, 0.6) is 0 Å². The molecule has 2 unspecified atom stereocenters. The van der Waals surface area contributed by atoms with Crippen LogP contribution < -0.4 is 5.32 Å². The fourth-order valence-corrected chi connectivity index (χ4v) is 3.00. The lowest BCUT2D eigenvalue weighted by Gasteiger charge is -2.14. The normalized spacial score (nSPS) is 34.5. The number of aromatic amines is 1. The van der Waals surface area contributed by atoms with E-state index in [0.29, 0.717) is 11.8 Å². The predicted octanol–water partition coefficient (Wildman–Crippen LogP) is 1.40. The zero-order chi connectivity index (χ0) is 10.5. The van der Waals surface area contributed by atoms with Gasteiger partial charge in [0.1, 0.15) is 5.82 Å². The minimum Gasteiger partial charge on any atom is -0.316 e. The number of nitrogens with one attached hydrogen (secondary N) is 2. The predicted molar refractivity (Wildman–Crippen MR) is 60.2 cm³/mol. The molecule has 2 aliphatic carbocycles. The minimum absolute atomic E-state index is 0.590. The highest BCUT2D eigenvalue weighted by Crippen LogP contribution is 2.45. The van der Waals surface area contributed by atoms with Gasteiger partial charge in [0.25, 0.3) is 0 Å². The molecule has 1 saturated heterocycles. The van der Waals surface area contributed by atoms with Gasteiger partial charge in [-0.05, 0) is 44.1 Å². The molecule has 2 atom stereocenters. The Morgan fingerprint density at radius 3 is 2.69 bits per heavy atom. The summed E-state index contributed by atoms with van der Waals surface area (Å²) in [6, 6.07) is 0. The lowest BCUT2D eigenvalue weighted by Crippen LogP contribution is -2.14. The van der Waals surface area contributed by atoms with E-state index in [0.717, 1.165) is 30.0 Å². The number of aromatic nitrogens is 3. The maximum Gasteiger partial charge on any atom is 0.153 e. The Bertz CT molecular complexity index is 391. The van der Waals surface area contributed by atoms with Gasteiger partial charge in [-0.25, -0.2) is 4.98 Å². The third kappa shape index (κ3) is 1.47. The summed E-state index contributed by atoms with van der Waals surface area (Å²) in [6.07, 6.45) is 5.41. The van der Waals surface area contributed by atoms with Crippen molar-refractivity contribution in [2.24, 2.45) is 11.8 Å². The Kier molecular flexibility index (Phi) is 1.89. The molecule has 1 aromatic rings. The first-order valence-electron chi connectivity index (χ1n) is 6.55. The Labute approximate surface area is 95.2 Å². The second-order valence-electron chi connectivity index (χ2n) is 5.62. The van der Waals surface area contributed by atoms with E-state index in [1.54, 1.807) is 0 Å². The highest BCUT2D eigenvalue weighted by Gasteiger charge is 2.41. The van der Waals surface area contributed by atoms with E-state index in [1.165, 1.54) is 32.2 Å². The molecule has 0 radical (unpaired) electrons. The molecule has 2 heterocycles. The van der Waals surface area contributed by atoms with Crippen molar-refractivity contribution in [2.45, 2.75) is 37.5 Å². The molecule has 2 saturated carbocycles. The van der Waals surface area contributed by atoms with Crippen molar-refractivity contribution in [3.8, 4) is 0 Å². The number of hydrogen-bond donors (Lipinski definition) is 2. The SMILES string of the molecule is C1CC1c1n[nH]c(C2CNCC2C2CC2)n1. The first-order chi connectivity index (χ1) is 7.92. The van der Waals surface area contributed by atoms with Crippen LogP contribution in [0.3, 0.4) is 0 Å². The lowest BCUT2D eigenvalue weighted by molar-refractivity contribution is 0.443. The molecule has 0 spiro atoms. The molecule has 1 aromatic heterocycles. The van der Waals surface area contributed by atoms with E-state index in [-0.39, 0.29) is 0 Å². The Morgan fingerprint density at radius 1 is 1.06 bits per heavy atom. The largest absolute Gasteiger partial charge is 0.316 e. The maximum atomic E-state index is 4.71. The molecule has 4 nitrogen and oxygen atoms in total. The standard InChI is InChI=1S/C12H18N4/c1-2-7(1)9-5-13-6-10(9)12-14-11(15-16-12)8-3-4-8/h7-10,13H,1-6H2,(H,14,15,16). The molecule has 0 bridgehead atoms. The molecule has 4 rings (SSSR count). The molecule has 4 heteroatoms. The van der Waals surface area contributed by atoms with Gasteiger partial charge in [0.2, 0.25) is 0 Å². The fourth-order valence-electron chi connectivity index (χ4n) is 3.00. The van der Waals surface area contributed by atoms with Crippen LogP contribution in [-0.4, -0.2) is 28.3 Å². The van der Waals surface area contributed by atoms with Gasteiger partial charge in [-0.1, -0.05) is 0 Å². The molecular weight excluding hydrogens is 200 g/mol. The van der Waals surface area contributed by atoms with Crippen molar-refractivity contribution in [1.29, 1.82) is 0 Å². The van der Waals surface area contributed by atoms with Crippen molar-refractivity contribution in [3.05, 3.63) is 11.6 Å². The highest BCUT2D eigenvalue weighted by molar-refractivity contribution is 5.11. The summed E-state index contributed by atoms with van der Waals surface area (Å²) in [4.78, 5) is 4.71. The van der Waals surface area contributed by atoms with E-state index in [9.17, 15) is 0 Å². The molecule has 0 aromatic carbocycles. The summed E-state index contributed by atoms with van der Waals surface area (Å²) in [7, 11) is 0. The van der Waals surface area contributed by atoms with Crippen LogP contribution in [0.2, 0.25) is 0 Å². The van der Waals surface area contributed by atoms with Crippen LogP contribution in [0.1, 0.15) is 49.2 Å². The van der Waals surface area contributed by atoms with Crippen molar-refractivity contribution in [1.82, 2.24) is 20.5 Å². The van der Waals surface area contributed by atoms with Crippen LogP contribution >= 0.6 is 0 Å². The van der Waals surface area contributed by atoms with Crippen LogP contribution in [0.4, 0.5) is 0 Å². The van der Waals surface area contributed by atoms with Crippen LogP contribution in [0.15, 0.2) is 0 Å². The van der Waals surface area contributed by atoms with Gasteiger partial charge < -0.3 is 5.32 Å². The molecule has 1 aliphatic heterocycles. The summed E-state index contributed by atoms with van der Waals surface area (Å²) >= 11 is 0. The van der Waals surface area contributed by atoms with Gasteiger partial charge in [-0.3, -0.25) is 5.10 Å². The van der Waals surface area contributed by atoms with Gasteiger partial charge in [0.15, 0.2) is 5.82 Å². The molecule has 2 N–H and O–H groups in total. The van der Waals surface area contributed by atoms with Gasteiger partial charge in [0.05, 0.1) is 0 Å². The second-order valence-corrected chi connectivity index (χ2v) is 5.62. The van der Waals surface area contributed by atoms with E-state index < -0.39 is 0 Å². The third-order valence-electron chi connectivity index (χ3n) is 4.30. The quantitative estimate of drug-likeness (QED) is 0.806. The van der Waals surface area contributed by atoms with Gasteiger partial charge in [-0.15, -0.1) is 0 Å². The van der Waals surface area contributed by atoms with Crippen molar-refractivity contribution in [2.75, 3.05) is 13.1 Å². The monoisotopic (exact) mass is 218 g/mol. The zero-order valence-electron chi connectivity index (χ0n) is 9.45. The molecule has 86 valence electrons. The summed E-state index contributed by atoms with van der Waals surface area (Å²) in [5, 5.41) is 11.1. The Balaban J connectivity index is 1.57. The number of rotatable bonds is 3. The second kappa shape index (κ2) is 3.29. The number of hydrogen-bond acceptors (Lipinski definition) is 3. The van der Waals surface area contributed by atoms with E-state index in [4.69, 9.17) is 4.98 Å². The molecule has 0 amide bonds. The number of nitrogens with zero attached hydrogens (tertiary/aromatic N) is 2. The first-order valence-corrected chi connectivity index (χ1v) is 6.55. The van der Waals surface area contributed by atoms with Crippen LogP contribution in [0.25, 0.3) is 0 Å². The summed E-state index contributed by atoms with van der Waals surface area (Å²) in [5.74, 6) is 5.22. The average Bonchev–Trinajstić information content (AvgIpc) is 3.22. The van der Waals surface area contributed by atoms with E-state index >= 15 is 0 Å².